The van der Waals surface area contributed by atoms with Crippen LogP contribution in [0.2, 0.25) is 0 Å². The van der Waals surface area contributed by atoms with E-state index in [-0.39, 0.29) is 99.9 Å². The summed E-state index contributed by atoms with van der Waals surface area (Å²) in [6.45, 7) is 15.0. The number of cyclic esters (lactones) is 1. The van der Waals surface area contributed by atoms with E-state index in [0.717, 1.165) is 16.9 Å². The zero-order valence-corrected chi connectivity index (χ0v) is 45.5. The zero-order chi connectivity index (χ0) is 54.4. The maximum Gasteiger partial charge on any atom is 0.407 e. The molecule has 73 heavy (non-hydrogen) atoms. The quantitative estimate of drug-likeness (QED) is 0.0837. The molecule has 3 aliphatic rings. The lowest BCUT2D eigenvalue weighted by atomic mass is 9.78. The number of amides is 2. The topological polar surface area (TPSA) is 231 Å². The molecule has 2 aliphatic heterocycles. The van der Waals surface area contributed by atoms with Crippen LogP contribution in [0.25, 0.3) is 0 Å². The summed E-state index contributed by atoms with van der Waals surface area (Å²) < 4.78 is 34.4. The van der Waals surface area contributed by atoms with Gasteiger partial charge in [-0.2, -0.15) is 0 Å². The van der Waals surface area contributed by atoms with Crippen LogP contribution in [0.3, 0.4) is 0 Å². The van der Waals surface area contributed by atoms with Crippen LogP contribution in [0.5, 0.6) is 0 Å². The van der Waals surface area contributed by atoms with Gasteiger partial charge in [0.05, 0.1) is 37.6 Å². The Morgan fingerprint density at radius 3 is 2.23 bits per heavy atom. The monoisotopic (exact) mass is 1030 g/mol. The number of Topliss-reactive ketones (excluding diaryl/α,β-unsaturated/α-hetero) is 4. The molecule has 0 aromatic heterocycles. The smallest absolute Gasteiger partial charge is 0.407 e. The fourth-order valence-corrected chi connectivity index (χ4v) is 10.2. The zero-order valence-electron chi connectivity index (χ0n) is 45.5. The number of hydrogen-bond acceptors (Lipinski definition) is 15. The van der Waals surface area contributed by atoms with E-state index in [0.29, 0.717) is 44.1 Å². The highest BCUT2D eigenvalue weighted by Crippen LogP contribution is 2.35. The summed E-state index contributed by atoms with van der Waals surface area (Å²) in [5.41, 5.74) is 1.22. The number of aliphatic hydroxyl groups is 2. The number of allylic oxidation sites excluding steroid dienone is 6. The molecule has 0 bridgehead atoms. The summed E-state index contributed by atoms with van der Waals surface area (Å²) >= 11 is 0. The first-order valence-corrected chi connectivity index (χ1v) is 26.5. The first-order chi connectivity index (χ1) is 34.7. The van der Waals surface area contributed by atoms with Gasteiger partial charge in [-0.3, -0.25) is 24.0 Å². The molecule has 2 amide bonds. The average molecular weight is 1030 g/mol. The van der Waals surface area contributed by atoms with Gasteiger partial charge >= 0.3 is 12.1 Å². The summed E-state index contributed by atoms with van der Waals surface area (Å²) in [5.74, 6) is -7.01. The van der Waals surface area contributed by atoms with Crippen LogP contribution < -0.4 is 5.32 Å². The number of piperidine rings is 1. The van der Waals surface area contributed by atoms with E-state index in [1.807, 2.05) is 51.2 Å². The van der Waals surface area contributed by atoms with Crippen molar-refractivity contribution in [3.63, 3.8) is 0 Å². The molecule has 0 aromatic rings. The van der Waals surface area contributed by atoms with Crippen molar-refractivity contribution in [2.45, 2.75) is 181 Å². The number of alkyl carbamates (subject to hydrolysis) is 1. The number of nitrogens with zero attached hydrogens (tertiary/aromatic N) is 1. The average Bonchev–Trinajstić information content (AvgIpc) is 3.37. The van der Waals surface area contributed by atoms with E-state index in [1.54, 1.807) is 54.9 Å². The van der Waals surface area contributed by atoms with Crippen molar-refractivity contribution >= 4 is 41.1 Å². The van der Waals surface area contributed by atoms with Gasteiger partial charge in [0, 0.05) is 65.0 Å². The molecule has 2 fully saturated rings. The minimum atomic E-state index is -1.35. The second-order valence-electron chi connectivity index (χ2n) is 20.7. The molecule has 14 atom stereocenters. The van der Waals surface area contributed by atoms with Crippen molar-refractivity contribution in [2.75, 3.05) is 47.6 Å². The van der Waals surface area contributed by atoms with E-state index in [4.69, 9.17) is 28.4 Å². The number of aliphatic hydroxyl groups excluding tert-OH is 2. The van der Waals surface area contributed by atoms with Gasteiger partial charge in [-0.25, -0.2) is 9.59 Å². The number of rotatable bonds is 11. The van der Waals surface area contributed by atoms with Crippen molar-refractivity contribution in [3.05, 3.63) is 47.6 Å². The lowest BCUT2D eigenvalue weighted by Gasteiger charge is -2.38. The Kier molecular flexibility index (Phi) is 27.7. The Bertz CT molecular complexity index is 1950. The number of carbonyl (C=O) groups excluding carboxylic acids is 7. The predicted molar refractivity (Wildman–Crippen MR) is 275 cm³/mol. The van der Waals surface area contributed by atoms with Crippen molar-refractivity contribution in [3.8, 4) is 0 Å². The van der Waals surface area contributed by atoms with Crippen molar-refractivity contribution in [1.29, 1.82) is 0 Å². The van der Waals surface area contributed by atoms with Gasteiger partial charge in [0.2, 0.25) is 5.78 Å². The Balaban J connectivity index is 1.95. The van der Waals surface area contributed by atoms with E-state index < -0.39 is 83.9 Å². The molecule has 17 nitrogen and oxygen atoms in total. The summed E-state index contributed by atoms with van der Waals surface area (Å²) in [6, 6.07) is -1.18. The van der Waals surface area contributed by atoms with Crippen LogP contribution in [0.1, 0.15) is 132 Å². The SMILES string of the molecule is CCOC(=O)NCCO[C@@H]1CC[C@H](C[C@@H](C)[C@@H]2CC(=O)[C@H](C)/C=C(\C)[C@@H](O)[C@@H](OC)C(=O)[C@H](C)C[C@H](C)/C=C/C=C/C=C(\C)[C@@H](OC)C[C@@H](O)CC[C@@H](C)C(=O)C(=O)C(=O)N3CCCC[C@H]3C(=O)O2)C[C@H]1OC. The maximum atomic E-state index is 14.4. The molecular formula is C56H88N2O15. The highest BCUT2D eigenvalue weighted by Gasteiger charge is 2.42. The first kappa shape index (κ1) is 62.9. The molecule has 0 spiro atoms. The third-order valence-corrected chi connectivity index (χ3v) is 14.8. The van der Waals surface area contributed by atoms with E-state index in [9.17, 15) is 43.8 Å². The number of nitrogens with one attached hydrogen (secondary N) is 1. The molecule has 1 saturated heterocycles. The van der Waals surface area contributed by atoms with Crippen LogP contribution in [0.15, 0.2) is 47.6 Å². The Morgan fingerprint density at radius 2 is 1.56 bits per heavy atom. The highest BCUT2D eigenvalue weighted by molar-refractivity contribution is 6.63. The molecule has 0 unspecified atom stereocenters. The predicted octanol–water partition coefficient (Wildman–Crippen LogP) is 6.79. The van der Waals surface area contributed by atoms with Crippen LogP contribution in [0, 0.1) is 35.5 Å². The van der Waals surface area contributed by atoms with E-state index in [2.05, 4.69) is 5.32 Å². The third kappa shape index (κ3) is 20.0. The van der Waals surface area contributed by atoms with Crippen LogP contribution in [-0.2, 0) is 57.2 Å². The molecule has 3 rings (SSSR count). The minimum absolute atomic E-state index is 0.000774. The molecule has 17 heteroatoms. The fourth-order valence-electron chi connectivity index (χ4n) is 10.2. The number of ether oxygens (including phenoxy) is 6. The molecular weight excluding hydrogens is 941 g/mol. The van der Waals surface area contributed by atoms with Gasteiger partial charge in [0.1, 0.15) is 30.1 Å². The standard InChI is InChI=1S/C56H88N2O15/c1-12-71-56(67)57-25-27-72-45-24-22-41(31-48(45)69-10)30-38(6)47-33-44(60)37(5)29-40(8)51(63)53(70-11)50(62)39(7)28-34(2)18-14-13-15-19-35(3)46(68-9)32-42(59)23-21-36(4)49(61)52(64)54(65)58-26-17-16-20-43(58)55(66)73-47/h13-15,18-19,29,34,36-39,41-43,45-48,51,53,59,63H,12,16-17,20-28,30-33H2,1-11H3,(H,57,67)/b15-13+,18-14+,35-19+,40-29+/t34-,36-,37-,38-,39-,41-,42+,43+,45-,46+,47+,48-,51-,53+/m1/s1. The van der Waals surface area contributed by atoms with Crippen LogP contribution in [-0.4, -0.2) is 153 Å². The molecule has 0 aromatic carbocycles. The van der Waals surface area contributed by atoms with Crippen LogP contribution in [0.4, 0.5) is 4.79 Å². The largest absolute Gasteiger partial charge is 0.460 e. The van der Waals surface area contributed by atoms with Gasteiger partial charge in [-0.15, -0.1) is 0 Å². The fraction of sp³-hybridized carbons (Fsp3) is 0.732. The number of esters is 1. The number of fused-ring (bicyclic) bond motifs is 1. The second-order valence-corrected chi connectivity index (χ2v) is 20.7. The van der Waals surface area contributed by atoms with Crippen molar-refractivity contribution < 1.29 is 72.2 Å². The van der Waals surface area contributed by atoms with Gasteiger partial charge < -0.3 is 48.9 Å². The van der Waals surface area contributed by atoms with Crippen LogP contribution >= 0.6 is 0 Å². The lowest BCUT2D eigenvalue weighted by Crippen LogP contribution is -2.53. The maximum absolute atomic E-state index is 14.4. The Hall–Kier alpha value is -4.39. The number of ketones is 4. The molecule has 412 valence electrons. The molecule has 2 heterocycles. The lowest BCUT2D eigenvalue weighted by molar-refractivity contribution is -0.166. The molecule has 1 saturated carbocycles. The molecule has 3 N–H and O–H groups in total. The van der Waals surface area contributed by atoms with Gasteiger partial charge in [-0.05, 0) is 114 Å². The summed E-state index contributed by atoms with van der Waals surface area (Å²) in [4.78, 5) is 96.2. The number of hydrogen-bond donors (Lipinski definition) is 3. The Labute approximate surface area is 434 Å². The number of carbonyl (C=O) groups is 7. The minimum Gasteiger partial charge on any atom is -0.460 e. The molecule has 0 radical (unpaired) electrons. The number of methoxy groups -OCH3 is 3. The molecule has 1 aliphatic carbocycles. The third-order valence-electron chi connectivity index (χ3n) is 14.8. The highest BCUT2D eigenvalue weighted by atomic mass is 16.6. The van der Waals surface area contributed by atoms with E-state index >= 15 is 0 Å². The van der Waals surface area contributed by atoms with Gasteiger partial charge in [-0.1, -0.05) is 71.1 Å². The van der Waals surface area contributed by atoms with Crippen molar-refractivity contribution in [2.24, 2.45) is 35.5 Å². The van der Waals surface area contributed by atoms with E-state index in [1.165, 1.54) is 7.11 Å². The first-order valence-electron chi connectivity index (χ1n) is 26.5. The summed E-state index contributed by atoms with van der Waals surface area (Å²) in [7, 11) is 4.52. The van der Waals surface area contributed by atoms with Gasteiger partial charge in [0.25, 0.3) is 11.7 Å². The summed E-state index contributed by atoms with van der Waals surface area (Å²) in [6.07, 6.45) is 9.87. The van der Waals surface area contributed by atoms with Crippen molar-refractivity contribution in [1.82, 2.24) is 10.2 Å². The second kappa shape index (κ2) is 32.1. The Morgan fingerprint density at radius 1 is 0.836 bits per heavy atom. The summed E-state index contributed by atoms with van der Waals surface area (Å²) in [5, 5.41) is 25.1. The normalized spacial score (nSPS) is 34.7. The van der Waals surface area contributed by atoms with Gasteiger partial charge in [0.15, 0.2) is 5.78 Å².